The molecule has 0 amide bonds. The van der Waals surface area contributed by atoms with Crippen LogP contribution in [0.4, 0.5) is 0 Å². The molecule has 19 heavy (non-hydrogen) atoms. The number of hydrogen-bond acceptors (Lipinski definition) is 5. The molecule has 4 nitrogen and oxygen atoms in total. The molecular formula is C14H15N3OS. The van der Waals surface area contributed by atoms with E-state index in [1.807, 2.05) is 30.3 Å². The fourth-order valence-corrected chi connectivity index (χ4v) is 2.81. The van der Waals surface area contributed by atoms with Crippen molar-refractivity contribution in [2.24, 2.45) is 5.73 Å². The zero-order valence-electron chi connectivity index (χ0n) is 10.4. The Kier molecular flexibility index (Phi) is 3.59. The summed E-state index contributed by atoms with van der Waals surface area (Å²) in [5, 5.41) is 4.13. The molecule has 0 saturated carbocycles. The van der Waals surface area contributed by atoms with E-state index in [1.54, 1.807) is 11.3 Å². The van der Waals surface area contributed by atoms with E-state index in [-0.39, 0.29) is 0 Å². The standard InChI is InChI=1S/C14H15N3OS/c15-7-8-16-9-10-5-6-12(18-10)14-17-11-3-1-2-4-13(11)19-14/h1-6,16H,7-9,15H2. The molecule has 3 aromatic rings. The third-order valence-electron chi connectivity index (χ3n) is 2.79. The van der Waals surface area contributed by atoms with Crippen LogP contribution in [0.25, 0.3) is 21.0 Å². The summed E-state index contributed by atoms with van der Waals surface area (Å²) >= 11 is 1.65. The number of hydrogen-bond donors (Lipinski definition) is 2. The van der Waals surface area contributed by atoms with Gasteiger partial charge in [0.25, 0.3) is 0 Å². The smallest absolute Gasteiger partial charge is 0.163 e. The number of thiazole rings is 1. The first-order valence-electron chi connectivity index (χ1n) is 6.22. The molecule has 0 atom stereocenters. The second-order valence-corrected chi connectivity index (χ2v) is 5.25. The van der Waals surface area contributed by atoms with Crippen molar-refractivity contribution in [1.82, 2.24) is 10.3 Å². The predicted molar refractivity (Wildman–Crippen MR) is 78.1 cm³/mol. The first-order chi connectivity index (χ1) is 9.36. The van der Waals surface area contributed by atoms with E-state index in [2.05, 4.69) is 16.4 Å². The molecule has 98 valence electrons. The van der Waals surface area contributed by atoms with Crippen LogP contribution in [0.1, 0.15) is 5.76 Å². The summed E-state index contributed by atoms with van der Waals surface area (Å²) in [6.45, 7) is 2.12. The number of aromatic nitrogens is 1. The van der Waals surface area contributed by atoms with Gasteiger partial charge in [0.1, 0.15) is 5.76 Å². The summed E-state index contributed by atoms with van der Waals surface area (Å²) < 4.78 is 6.97. The Morgan fingerprint density at radius 2 is 2.11 bits per heavy atom. The van der Waals surface area contributed by atoms with Crippen LogP contribution in [0.2, 0.25) is 0 Å². The van der Waals surface area contributed by atoms with Crippen molar-refractivity contribution in [2.45, 2.75) is 6.54 Å². The van der Waals surface area contributed by atoms with Crippen LogP contribution in [0, 0.1) is 0 Å². The van der Waals surface area contributed by atoms with Crippen LogP contribution in [-0.4, -0.2) is 18.1 Å². The van der Waals surface area contributed by atoms with Crippen LogP contribution >= 0.6 is 11.3 Å². The zero-order chi connectivity index (χ0) is 13.1. The Morgan fingerprint density at radius 3 is 2.95 bits per heavy atom. The van der Waals surface area contributed by atoms with Crippen LogP contribution < -0.4 is 11.1 Å². The van der Waals surface area contributed by atoms with Crippen molar-refractivity contribution in [3.05, 3.63) is 42.2 Å². The maximum absolute atomic E-state index is 5.79. The molecule has 0 saturated heterocycles. The van der Waals surface area contributed by atoms with Gasteiger partial charge in [-0.05, 0) is 24.3 Å². The van der Waals surface area contributed by atoms with Gasteiger partial charge in [-0.3, -0.25) is 0 Å². The molecule has 5 heteroatoms. The molecule has 0 aliphatic heterocycles. The number of nitrogens with zero attached hydrogens (tertiary/aromatic N) is 1. The zero-order valence-corrected chi connectivity index (χ0v) is 11.2. The van der Waals surface area contributed by atoms with Gasteiger partial charge in [-0.1, -0.05) is 12.1 Å². The van der Waals surface area contributed by atoms with Crippen molar-refractivity contribution in [3.8, 4) is 10.8 Å². The Balaban J connectivity index is 1.81. The minimum atomic E-state index is 0.630. The second-order valence-electron chi connectivity index (χ2n) is 4.22. The number of benzene rings is 1. The molecular weight excluding hydrogens is 258 g/mol. The summed E-state index contributed by atoms with van der Waals surface area (Å²) in [4.78, 5) is 4.58. The first-order valence-corrected chi connectivity index (χ1v) is 7.04. The molecule has 0 aliphatic rings. The highest BCUT2D eigenvalue weighted by Gasteiger charge is 2.09. The molecule has 0 aliphatic carbocycles. The minimum absolute atomic E-state index is 0.630. The Morgan fingerprint density at radius 1 is 1.21 bits per heavy atom. The van der Waals surface area contributed by atoms with E-state index >= 15 is 0 Å². The van der Waals surface area contributed by atoms with Gasteiger partial charge < -0.3 is 15.5 Å². The number of nitrogens with one attached hydrogen (secondary N) is 1. The first kappa shape index (κ1) is 12.3. The number of nitrogens with two attached hydrogens (primary N) is 1. The average molecular weight is 273 g/mol. The van der Waals surface area contributed by atoms with Gasteiger partial charge in [-0.15, -0.1) is 11.3 Å². The number of fused-ring (bicyclic) bond motifs is 1. The molecule has 0 spiro atoms. The highest BCUT2D eigenvalue weighted by Crippen LogP contribution is 2.30. The van der Waals surface area contributed by atoms with Gasteiger partial charge in [0.05, 0.1) is 16.8 Å². The van der Waals surface area contributed by atoms with E-state index in [0.29, 0.717) is 13.1 Å². The molecule has 0 radical (unpaired) electrons. The Labute approximate surface area is 115 Å². The molecule has 0 unspecified atom stereocenters. The predicted octanol–water partition coefficient (Wildman–Crippen LogP) is 2.60. The van der Waals surface area contributed by atoms with Gasteiger partial charge in [-0.25, -0.2) is 4.98 Å². The van der Waals surface area contributed by atoms with E-state index in [0.717, 1.165) is 28.6 Å². The lowest BCUT2D eigenvalue weighted by Gasteiger charge is -1.98. The SMILES string of the molecule is NCCNCc1ccc(-c2nc3ccccc3s2)o1. The third-order valence-corrected chi connectivity index (χ3v) is 3.84. The van der Waals surface area contributed by atoms with Crippen LogP contribution in [0.3, 0.4) is 0 Å². The van der Waals surface area contributed by atoms with Crippen molar-refractivity contribution >= 4 is 21.6 Å². The fraction of sp³-hybridized carbons (Fsp3) is 0.214. The van der Waals surface area contributed by atoms with Gasteiger partial charge in [-0.2, -0.15) is 0 Å². The highest BCUT2D eigenvalue weighted by atomic mass is 32.1. The highest BCUT2D eigenvalue weighted by molar-refractivity contribution is 7.21. The Bertz CT molecular complexity index is 641. The van der Waals surface area contributed by atoms with Crippen molar-refractivity contribution < 1.29 is 4.42 Å². The van der Waals surface area contributed by atoms with Crippen LogP contribution in [0.5, 0.6) is 0 Å². The molecule has 2 heterocycles. The molecule has 2 aromatic heterocycles. The fourth-order valence-electron chi connectivity index (χ4n) is 1.88. The van der Waals surface area contributed by atoms with E-state index < -0.39 is 0 Å². The molecule has 0 bridgehead atoms. The normalized spacial score (nSPS) is 11.2. The van der Waals surface area contributed by atoms with E-state index in [1.165, 1.54) is 4.70 Å². The van der Waals surface area contributed by atoms with Crippen molar-refractivity contribution in [2.75, 3.05) is 13.1 Å². The lowest BCUT2D eigenvalue weighted by molar-refractivity contribution is 0.496. The lowest BCUT2D eigenvalue weighted by Crippen LogP contribution is -2.21. The van der Waals surface area contributed by atoms with Crippen molar-refractivity contribution in [3.63, 3.8) is 0 Å². The number of furan rings is 1. The molecule has 1 aromatic carbocycles. The van der Waals surface area contributed by atoms with Gasteiger partial charge >= 0.3 is 0 Å². The lowest BCUT2D eigenvalue weighted by atomic mass is 10.3. The molecule has 3 N–H and O–H groups in total. The summed E-state index contributed by atoms with van der Waals surface area (Å²) in [5.41, 5.74) is 6.45. The minimum Gasteiger partial charge on any atom is -0.457 e. The average Bonchev–Trinajstić information content (AvgIpc) is 3.04. The number of para-hydroxylation sites is 1. The summed E-state index contributed by atoms with van der Waals surface area (Å²) in [6.07, 6.45) is 0. The number of rotatable bonds is 5. The van der Waals surface area contributed by atoms with Gasteiger partial charge in [0.2, 0.25) is 0 Å². The molecule has 3 rings (SSSR count). The van der Waals surface area contributed by atoms with E-state index in [9.17, 15) is 0 Å². The Hall–Kier alpha value is -1.69. The third kappa shape index (κ3) is 2.68. The maximum Gasteiger partial charge on any atom is 0.163 e. The monoisotopic (exact) mass is 273 g/mol. The summed E-state index contributed by atoms with van der Waals surface area (Å²) in [5.74, 6) is 1.73. The van der Waals surface area contributed by atoms with Gasteiger partial charge in [0, 0.05) is 13.1 Å². The maximum atomic E-state index is 5.79. The quantitative estimate of drug-likeness (QED) is 0.701. The van der Waals surface area contributed by atoms with Crippen LogP contribution in [0.15, 0.2) is 40.8 Å². The van der Waals surface area contributed by atoms with Gasteiger partial charge in [0.15, 0.2) is 10.8 Å². The summed E-state index contributed by atoms with van der Waals surface area (Å²) in [7, 11) is 0. The topological polar surface area (TPSA) is 64.1 Å². The summed E-state index contributed by atoms with van der Waals surface area (Å²) in [6, 6.07) is 12.1. The molecule has 0 fully saturated rings. The second kappa shape index (κ2) is 5.52. The largest absolute Gasteiger partial charge is 0.457 e. The van der Waals surface area contributed by atoms with Crippen LogP contribution in [-0.2, 0) is 6.54 Å². The van der Waals surface area contributed by atoms with Crippen molar-refractivity contribution in [1.29, 1.82) is 0 Å². The van der Waals surface area contributed by atoms with E-state index in [4.69, 9.17) is 10.2 Å².